The largest absolute Gasteiger partial charge is 1.00 e. The number of carboxylic acids is 1. The number of aromatic carboxylic acids is 1. The number of methoxy groups -OCH3 is 6. The van der Waals surface area contributed by atoms with Gasteiger partial charge in [-0.1, -0.05) is 52.3 Å². The van der Waals surface area contributed by atoms with E-state index in [-0.39, 0.29) is 125 Å². The number of aliphatic hydroxyl groups is 3. The van der Waals surface area contributed by atoms with Crippen LogP contribution in [0.5, 0.6) is 46.0 Å². The number of phenolic OH excluding ortho intramolecular Hbond substituents is 1. The molecule has 0 fully saturated rings. The van der Waals surface area contributed by atoms with Crippen molar-refractivity contribution in [3.8, 4) is 74.6 Å². The molecule has 29 nitrogen and oxygen atoms in total. The minimum Gasteiger partial charge on any atom is -0.870 e. The van der Waals surface area contributed by atoms with Crippen LogP contribution in [0.1, 0.15) is 65.0 Å². The van der Waals surface area contributed by atoms with E-state index in [9.17, 15) is 52.9 Å². The molecule has 566 valence electrons. The third-order valence-corrected chi connectivity index (χ3v) is 15.9. The van der Waals surface area contributed by atoms with Crippen LogP contribution < -0.4 is 85.2 Å². The predicted molar refractivity (Wildman–Crippen MR) is 396 cm³/mol. The first-order valence-corrected chi connectivity index (χ1v) is 33.4. The third-order valence-electron chi connectivity index (χ3n) is 13.7. The van der Waals surface area contributed by atoms with Crippen LogP contribution >= 0.6 is 38.6 Å². The van der Waals surface area contributed by atoms with Crippen molar-refractivity contribution in [2.75, 3.05) is 88.1 Å². The van der Waals surface area contributed by atoms with Gasteiger partial charge in [0.1, 0.15) is 23.8 Å². The zero-order chi connectivity index (χ0) is 78.4. The fraction of sp³-hybridized carbons (Fsp3) is 0.205. The number of phenols is 1. The van der Waals surface area contributed by atoms with Gasteiger partial charge in [0.25, 0.3) is 17.7 Å². The van der Waals surface area contributed by atoms with Crippen molar-refractivity contribution in [3.05, 3.63) is 213 Å². The van der Waals surface area contributed by atoms with Gasteiger partial charge in [-0.05, 0) is 109 Å². The number of amides is 3. The summed E-state index contributed by atoms with van der Waals surface area (Å²) >= 11 is 5.53. The number of carboxylic acid groups (broad SMARTS) is 1. The second kappa shape index (κ2) is 48.9. The topological polar surface area (TPSA) is 461 Å². The van der Waals surface area contributed by atoms with Gasteiger partial charge in [0.15, 0.2) is 59.2 Å². The first-order valence-electron chi connectivity index (χ1n) is 30.5. The quantitative estimate of drug-likeness (QED) is 0.0134. The van der Waals surface area contributed by atoms with Crippen molar-refractivity contribution in [1.82, 2.24) is 15.3 Å². The Balaban J connectivity index is 0.000000470. The number of primary amides is 2. The normalized spacial score (nSPS) is 10.3. The van der Waals surface area contributed by atoms with Crippen LogP contribution in [-0.2, 0) is 19.1 Å². The number of thiophene rings is 2. The summed E-state index contributed by atoms with van der Waals surface area (Å²) in [5, 5.41) is 61.3. The van der Waals surface area contributed by atoms with E-state index in [0.717, 1.165) is 29.0 Å². The van der Waals surface area contributed by atoms with E-state index >= 15 is 0 Å². The van der Waals surface area contributed by atoms with Crippen LogP contribution in [0.3, 0.4) is 0 Å². The van der Waals surface area contributed by atoms with E-state index < -0.39 is 47.8 Å². The van der Waals surface area contributed by atoms with E-state index in [1.807, 2.05) is 41.1 Å². The molecule has 2 atom stereocenters. The average molecular weight is 1600 g/mol. The SMILES string of the molecule is CO.COC(=O)c1ccc(O)c(OC)c1.COc1cc(C(=O)NCC(O)c2cccc(-c3csc4c(F)cccc34)n2)ccc1OCC(N)=O.COc1cc(C(=O)O)ccc1OCC(N)=O.N#CCBr.NCC(O)c1cccc(-c2csc3c(F)cccc23)n1.[C-]#[N+]COc1ccc(C(=O)OC)cc1OC.[Na+].[OH-]. The van der Waals surface area contributed by atoms with Gasteiger partial charge in [0, 0.05) is 58.4 Å². The first kappa shape index (κ1) is 93.0. The Hall–Kier alpha value is -11.1. The molecular formula is C73H74BrF2N8NaO21S2. The number of esters is 2. The molecule has 0 aliphatic carbocycles. The van der Waals surface area contributed by atoms with Gasteiger partial charge in [0.2, 0.25) is 0 Å². The van der Waals surface area contributed by atoms with Crippen LogP contribution in [0.15, 0.2) is 156 Å². The number of nitriles is 1. The van der Waals surface area contributed by atoms with Crippen molar-refractivity contribution in [3.63, 3.8) is 0 Å². The number of alkyl halides is 1. The number of aromatic hydroxyl groups is 1. The molecule has 3 amide bonds. The number of hydrogen-bond donors (Lipinski definition) is 9. The zero-order valence-electron chi connectivity index (χ0n) is 59.2. The number of pyridine rings is 2. The van der Waals surface area contributed by atoms with E-state index in [2.05, 4.69) is 45.5 Å². The van der Waals surface area contributed by atoms with Crippen molar-refractivity contribution >= 4 is 94.4 Å². The molecule has 35 heteroatoms. The molecule has 0 saturated heterocycles. The van der Waals surface area contributed by atoms with Gasteiger partial charge in [-0.3, -0.25) is 19.2 Å². The maximum Gasteiger partial charge on any atom is 1.00 e. The van der Waals surface area contributed by atoms with Crippen molar-refractivity contribution in [2.45, 2.75) is 12.2 Å². The first-order chi connectivity index (χ1) is 50.9. The van der Waals surface area contributed by atoms with Crippen LogP contribution in [0.25, 0.3) is 47.5 Å². The number of carbonyl (C=O) groups excluding carboxylic acids is 5. The molecule has 0 aliphatic rings. The molecule has 6 aromatic carbocycles. The van der Waals surface area contributed by atoms with Crippen LogP contribution in [0, 0.1) is 29.5 Å². The number of aliphatic hydroxyl groups excluding tert-OH is 3. The zero-order valence-corrected chi connectivity index (χ0v) is 64.4. The number of ether oxygens (including phenoxy) is 9. The van der Waals surface area contributed by atoms with Crippen LogP contribution in [0.4, 0.5) is 8.78 Å². The number of nitrogens with two attached hydrogens (primary N) is 3. The predicted octanol–water partition coefficient (Wildman–Crippen LogP) is 7.06. The Bertz CT molecular complexity index is 4700. The van der Waals surface area contributed by atoms with E-state index in [0.29, 0.717) is 60.1 Å². The minimum atomic E-state index is -1.07. The van der Waals surface area contributed by atoms with Crippen LogP contribution in [-0.4, -0.2) is 165 Å². The Morgan fingerprint density at radius 3 is 1.39 bits per heavy atom. The maximum absolute atomic E-state index is 14.1. The van der Waals surface area contributed by atoms with Gasteiger partial charge >= 0.3 is 54.2 Å². The summed E-state index contributed by atoms with van der Waals surface area (Å²) in [7, 11) is 9.25. The average Bonchev–Trinajstić information content (AvgIpc) is 1.66. The summed E-state index contributed by atoms with van der Waals surface area (Å²) in [5.41, 5.74) is 20.3. The number of aromatic nitrogens is 2. The second-order valence-corrected chi connectivity index (χ2v) is 22.7. The number of fused-ring (bicyclic) bond motifs is 2. The summed E-state index contributed by atoms with van der Waals surface area (Å²) in [6, 6.07) is 39.7. The smallest absolute Gasteiger partial charge is 0.870 e. The Kier molecular flexibility index (Phi) is 42.1. The van der Waals surface area contributed by atoms with Gasteiger partial charge < -0.3 is 96.2 Å². The number of nitrogens with one attached hydrogen (secondary N) is 1. The molecule has 2 unspecified atom stereocenters. The van der Waals surface area contributed by atoms with Gasteiger partial charge in [-0.15, -0.1) is 22.7 Å². The standard InChI is InChI=1S/C25H22FN3O5S.C15H13FN2OS.C11H11NO4.C10H11NO5.C9H10O4.C2H2BrN.CH4O.Na.H2O/c1-33-22-10-14(8-9-21(22)34-12-23(27)31)25(32)28-11-20(30)19-7-3-6-18(29-19)16-13-35-24-15(16)4-2-5-17(24)26;16-11-4-1-3-9-10(8-20-15(9)11)12-5-2-6-13(18-12)14(19)7-17;1-12-7-16-9-5-4-8(11(13)15-3)6-10(9)14-2;1-15-8-4-6(10(13)14)2-3-7(8)16-5-9(11)12;1-12-8-5-6(9(11)13-2)3-4-7(8)10;3-1-2-4;1-2;;/h2-10,13,20,30H,11-12H2,1H3,(H2,27,31)(H,28,32);1-6,8,14,19H,7,17H2;4-6H,7H2,2-3H3;2-4H,5H2,1H3,(H2,11,12)(H,13,14);3-5,10H,1-2H3;1H2;2H,1H3;;1H2/q;;;;;;;+1;/p-1. The second-order valence-electron chi connectivity index (χ2n) is 20.4. The summed E-state index contributed by atoms with van der Waals surface area (Å²) in [6.45, 7) is 5.94. The summed E-state index contributed by atoms with van der Waals surface area (Å²) in [6.07, 6.45) is -1.85. The number of benzene rings is 6. The van der Waals surface area contributed by atoms with E-state index in [1.165, 1.54) is 138 Å². The fourth-order valence-corrected chi connectivity index (χ4v) is 10.7. The molecule has 0 radical (unpaired) electrons. The molecule has 10 rings (SSSR count). The summed E-state index contributed by atoms with van der Waals surface area (Å²) < 4.78 is 73.4. The minimum absolute atomic E-state index is 0. The van der Waals surface area contributed by atoms with Crippen LogP contribution in [0.2, 0.25) is 0 Å². The number of rotatable bonds is 23. The molecule has 4 aromatic heterocycles. The Morgan fingerprint density at radius 1 is 0.593 bits per heavy atom. The number of nitrogens with zero attached hydrogens (tertiary/aromatic N) is 4. The molecule has 0 saturated carbocycles. The molecule has 0 aliphatic heterocycles. The molecule has 10 aromatic rings. The number of carbonyl (C=O) groups is 6. The van der Waals surface area contributed by atoms with E-state index in [4.69, 9.17) is 72.4 Å². The van der Waals surface area contributed by atoms with Gasteiger partial charge in [0.05, 0.1) is 103 Å². The molecule has 0 spiro atoms. The van der Waals surface area contributed by atoms with E-state index in [1.54, 1.807) is 48.5 Å². The van der Waals surface area contributed by atoms with Gasteiger partial charge in [-0.2, -0.15) is 5.26 Å². The van der Waals surface area contributed by atoms with Crippen molar-refractivity contribution in [2.24, 2.45) is 17.2 Å². The Labute approximate surface area is 656 Å². The molecule has 108 heavy (non-hydrogen) atoms. The number of hydrogen-bond acceptors (Lipinski definition) is 26. The summed E-state index contributed by atoms with van der Waals surface area (Å²) in [4.78, 5) is 79.0. The summed E-state index contributed by atoms with van der Waals surface area (Å²) in [5.74, 6) is -2.10. The molecular weight excluding hydrogens is 1530 g/mol. The molecule has 13 N–H and O–H groups in total. The monoisotopic (exact) mass is 1600 g/mol. The van der Waals surface area contributed by atoms with Crippen molar-refractivity contribution in [1.29, 1.82) is 5.26 Å². The fourth-order valence-electron chi connectivity index (χ4n) is 8.73. The van der Waals surface area contributed by atoms with Gasteiger partial charge in [-0.25, -0.2) is 39.7 Å². The number of halogens is 3. The molecule has 0 bridgehead atoms. The Morgan fingerprint density at radius 2 is 0.981 bits per heavy atom. The molecule has 4 heterocycles. The van der Waals surface area contributed by atoms with Crippen molar-refractivity contribution < 1.29 is 141 Å². The maximum atomic E-state index is 14.1. The third kappa shape index (κ3) is 28.0.